The molecule has 0 amide bonds. The predicted octanol–water partition coefficient (Wildman–Crippen LogP) is 3.99. The van der Waals surface area contributed by atoms with Crippen LogP contribution in [0.5, 0.6) is 0 Å². The fourth-order valence-electron chi connectivity index (χ4n) is 2.06. The minimum atomic E-state index is -0.261. The normalized spacial score (nSPS) is 10.6. The van der Waals surface area contributed by atoms with Gasteiger partial charge in [0.2, 0.25) is 0 Å². The lowest BCUT2D eigenvalue weighted by atomic mass is 10.1. The molecule has 1 heterocycles. The summed E-state index contributed by atoms with van der Waals surface area (Å²) in [4.78, 5) is 0. The standard InChI is InChI=1S/C16H13FN2/c1-12-5-7-13(8-6-12)16-9-10-18-19(16)15-4-2-3-14(17)11-15/h2-11H,1H3. The molecule has 0 spiro atoms. The monoisotopic (exact) mass is 252 g/mol. The number of hydrogen-bond acceptors (Lipinski definition) is 1. The van der Waals surface area contributed by atoms with Crippen LogP contribution in [0.3, 0.4) is 0 Å². The minimum absolute atomic E-state index is 0.261. The molecule has 0 unspecified atom stereocenters. The van der Waals surface area contributed by atoms with Crippen molar-refractivity contribution in [3.05, 3.63) is 72.2 Å². The number of nitrogens with zero attached hydrogens (tertiary/aromatic N) is 2. The van der Waals surface area contributed by atoms with Gasteiger partial charge in [-0.2, -0.15) is 5.10 Å². The van der Waals surface area contributed by atoms with E-state index in [4.69, 9.17) is 0 Å². The Kier molecular flexibility index (Phi) is 2.88. The Morgan fingerprint density at radius 2 is 1.79 bits per heavy atom. The number of rotatable bonds is 2. The second kappa shape index (κ2) is 4.69. The number of aryl methyl sites for hydroxylation is 1. The van der Waals surface area contributed by atoms with E-state index in [0.717, 1.165) is 16.9 Å². The largest absolute Gasteiger partial charge is 0.233 e. The first-order chi connectivity index (χ1) is 9.24. The Morgan fingerprint density at radius 3 is 2.53 bits per heavy atom. The van der Waals surface area contributed by atoms with Gasteiger partial charge in [-0.15, -0.1) is 0 Å². The SMILES string of the molecule is Cc1ccc(-c2ccnn2-c2cccc(F)c2)cc1. The van der Waals surface area contributed by atoms with Crippen molar-refractivity contribution in [2.45, 2.75) is 6.92 Å². The number of halogens is 1. The molecule has 0 radical (unpaired) electrons. The van der Waals surface area contributed by atoms with E-state index in [1.54, 1.807) is 16.9 Å². The quantitative estimate of drug-likeness (QED) is 0.674. The van der Waals surface area contributed by atoms with Crippen LogP contribution in [0.1, 0.15) is 5.56 Å². The van der Waals surface area contributed by atoms with Crippen LogP contribution in [0.15, 0.2) is 60.8 Å². The predicted molar refractivity (Wildman–Crippen MR) is 73.7 cm³/mol. The summed E-state index contributed by atoms with van der Waals surface area (Å²) in [7, 11) is 0. The van der Waals surface area contributed by atoms with Crippen molar-refractivity contribution in [2.75, 3.05) is 0 Å². The van der Waals surface area contributed by atoms with Crippen molar-refractivity contribution >= 4 is 0 Å². The van der Waals surface area contributed by atoms with Gasteiger partial charge in [-0.05, 0) is 31.2 Å². The van der Waals surface area contributed by atoms with Crippen LogP contribution < -0.4 is 0 Å². The zero-order valence-electron chi connectivity index (χ0n) is 10.5. The molecular weight excluding hydrogens is 239 g/mol. The van der Waals surface area contributed by atoms with Crippen molar-refractivity contribution in [1.82, 2.24) is 9.78 Å². The highest BCUT2D eigenvalue weighted by molar-refractivity contribution is 5.62. The number of hydrogen-bond donors (Lipinski definition) is 0. The third-order valence-electron chi connectivity index (χ3n) is 3.04. The maximum absolute atomic E-state index is 13.3. The summed E-state index contributed by atoms with van der Waals surface area (Å²) in [6, 6.07) is 16.6. The van der Waals surface area contributed by atoms with Crippen LogP contribution >= 0.6 is 0 Å². The molecule has 0 aliphatic heterocycles. The summed E-state index contributed by atoms with van der Waals surface area (Å²) in [5.41, 5.74) is 3.94. The van der Waals surface area contributed by atoms with Gasteiger partial charge in [0.15, 0.2) is 0 Å². The van der Waals surface area contributed by atoms with Gasteiger partial charge in [-0.25, -0.2) is 9.07 Å². The molecule has 0 bridgehead atoms. The van der Waals surface area contributed by atoms with E-state index in [-0.39, 0.29) is 5.82 Å². The second-order valence-electron chi connectivity index (χ2n) is 4.47. The van der Waals surface area contributed by atoms with Gasteiger partial charge in [-0.1, -0.05) is 35.9 Å². The smallest absolute Gasteiger partial charge is 0.125 e. The highest BCUT2D eigenvalue weighted by Crippen LogP contribution is 2.22. The Hall–Kier alpha value is -2.42. The van der Waals surface area contributed by atoms with Crippen molar-refractivity contribution in [3.63, 3.8) is 0 Å². The summed E-state index contributed by atoms with van der Waals surface area (Å²) in [6.07, 6.45) is 1.72. The lowest BCUT2D eigenvalue weighted by Gasteiger charge is -2.08. The lowest BCUT2D eigenvalue weighted by molar-refractivity contribution is 0.625. The Morgan fingerprint density at radius 1 is 1.00 bits per heavy atom. The molecule has 19 heavy (non-hydrogen) atoms. The van der Waals surface area contributed by atoms with Crippen LogP contribution in [-0.2, 0) is 0 Å². The van der Waals surface area contributed by atoms with E-state index in [1.165, 1.54) is 17.7 Å². The van der Waals surface area contributed by atoms with Crippen LogP contribution in [0, 0.1) is 12.7 Å². The zero-order chi connectivity index (χ0) is 13.2. The number of benzene rings is 2. The van der Waals surface area contributed by atoms with Crippen LogP contribution in [0.2, 0.25) is 0 Å². The van der Waals surface area contributed by atoms with Crippen molar-refractivity contribution in [2.24, 2.45) is 0 Å². The molecule has 0 atom stereocenters. The highest BCUT2D eigenvalue weighted by atomic mass is 19.1. The average molecular weight is 252 g/mol. The first kappa shape index (κ1) is 11.7. The molecule has 0 saturated heterocycles. The van der Waals surface area contributed by atoms with Crippen LogP contribution in [0.25, 0.3) is 16.9 Å². The molecule has 2 nitrogen and oxygen atoms in total. The van der Waals surface area contributed by atoms with E-state index in [2.05, 4.69) is 17.2 Å². The molecule has 3 rings (SSSR count). The van der Waals surface area contributed by atoms with E-state index in [1.807, 2.05) is 31.2 Å². The maximum Gasteiger partial charge on any atom is 0.125 e. The highest BCUT2D eigenvalue weighted by Gasteiger charge is 2.07. The molecule has 0 aliphatic rings. The third kappa shape index (κ3) is 2.27. The van der Waals surface area contributed by atoms with E-state index in [9.17, 15) is 4.39 Å². The Balaban J connectivity index is 2.10. The molecular formula is C16H13FN2. The van der Waals surface area contributed by atoms with Crippen LogP contribution in [-0.4, -0.2) is 9.78 Å². The van der Waals surface area contributed by atoms with Gasteiger partial charge in [0.25, 0.3) is 0 Å². The molecule has 3 heteroatoms. The molecule has 3 aromatic rings. The van der Waals surface area contributed by atoms with Crippen LogP contribution in [0.4, 0.5) is 4.39 Å². The van der Waals surface area contributed by atoms with E-state index >= 15 is 0 Å². The van der Waals surface area contributed by atoms with Crippen molar-refractivity contribution in [3.8, 4) is 16.9 Å². The van der Waals surface area contributed by atoms with Gasteiger partial charge in [0.05, 0.1) is 17.6 Å². The third-order valence-corrected chi connectivity index (χ3v) is 3.04. The molecule has 0 N–H and O–H groups in total. The van der Waals surface area contributed by atoms with Gasteiger partial charge in [0, 0.05) is 5.56 Å². The topological polar surface area (TPSA) is 17.8 Å². The van der Waals surface area contributed by atoms with Gasteiger partial charge < -0.3 is 0 Å². The van der Waals surface area contributed by atoms with Gasteiger partial charge >= 0.3 is 0 Å². The zero-order valence-corrected chi connectivity index (χ0v) is 10.5. The maximum atomic E-state index is 13.3. The van der Waals surface area contributed by atoms with Gasteiger partial charge in [0.1, 0.15) is 5.82 Å². The summed E-state index contributed by atoms with van der Waals surface area (Å²) in [5, 5.41) is 4.28. The molecule has 1 aromatic heterocycles. The summed E-state index contributed by atoms with van der Waals surface area (Å²) in [6.45, 7) is 2.05. The Bertz CT molecular complexity index is 699. The summed E-state index contributed by atoms with van der Waals surface area (Å²) in [5.74, 6) is -0.261. The first-order valence-corrected chi connectivity index (χ1v) is 6.11. The molecule has 0 saturated carbocycles. The van der Waals surface area contributed by atoms with E-state index in [0.29, 0.717) is 0 Å². The first-order valence-electron chi connectivity index (χ1n) is 6.11. The number of aromatic nitrogens is 2. The van der Waals surface area contributed by atoms with Crippen molar-refractivity contribution < 1.29 is 4.39 Å². The van der Waals surface area contributed by atoms with Crippen molar-refractivity contribution in [1.29, 1.82) is 0 Å². The molecule has 0 fully saturated rings. The van der Waals surface area contributed by atoms with E-state index < -0.39 is 0 Å². The molecule has 94 valence electrons. The minimum Gasteiger partial charge on any atom is -0.233 e. The average Bonchev–Trinajstić information content (AvgIpc) is 2.89. The fourth-order valence-corrected chi connectivity index (χ4v) is 2.06. The second-order valence-corrected chi connectivity index (χ2v) is 4.47. The van der Waals surface area contributed by atoms with Gasteiger partial charge in [-0.3, -0.25) is 0 Å². The fraction of sp³-hybridized carbons (Fsp3) is 0.0625. The molecule has 0 aliphatic carbocycles. The molecule has 2 aromatic carbocycles. The Labute approximate surface area is 111 Å². The summed E-state index contributed by atoms with van der Waals surface area (Å²) < 4.78 is 15.0. The summed E-state index contributed by atoms with van der Waals surface area (Å²) >= 11 is 0. The lowest BCUT2D eigenvalue weighted by Crippen LogP contribution is -1.99.